The van der Waals surface area contributed by atoms with Gasteiger partial charge in [-0.25, -0.2) is 4.79 Å². The molecule has 0 saturated heterocycles. The number of halogens is 1. The number of anilines is 1. The summed E-state index contributed by atoms with van der Waals surface area (Å²) in [4.78, 5) is 12.0. The van der Waals surface area contributed by atoms with Crippen molar-refractivity contribution in [1.82, 2.24) is 0 Å². The molecule has 2 aromatic rings. The average molecular weight is 338 g/mol. The number of hydrogen-bond acceptors (Lipinski definition) is 5. The predicted octanol–water partition coefficient (Wildman–Crippen LogP) is 3.98. The fraction of sp³-hybridized carbons (Fsp3) is 0.188. The van der Waals surface area contributed by atoms with Crippen LogP contribution in [0.1, 0.15) is 0 Å². The Kier molecular flexibility index (Phi) is 5.54. The largest absolute Gasteiger partial charge is 0.497 e. The van der Waals surface area contributed by atoms with Crippen molar-refractivity contribution < 1.29 is 23.7 Å². The van der Waals surface area contributed by atoms with E-state index in [4.69, 9.17) is 30.5 Å². The zero-order chi connectivity index (χ0) is 16.8. The molecule has 7 heteroatoms. The standard InChI is InChI=1S/C16H16ClNO5/c1-20-10-4-6-14(12(17)8-10)23-16(19)18-13-9-11(21-2)5-7-15(13)22-3/h4-9H,1-3H3,(H,18,19). The highest BCUT2D eigenvalue weighted by molar-refractivity contribution is 6.32. The van der Waals surface area contributed by atoms with Gasteiger partial charge in [-0.2, -0.15) is 0 Å². The Balaban J connectivity index is 2.13. The van der Waals surface area contributed by atoms with E-state index in [1.54, 1.807) is 36.4 Å². The second kappa shape index (κ2) is 7.60. The van der Waals surface area contributed by atoms with Gasteiger partial charge in [-0.1, -0.05) is 11.6 Å². The molecule has 0 unspecified atom stereocenters. The third-order valence-corrected chi connectivity index (χ3v) is 3.28. The minimum absolute atomic E-state index is 0.215. The molecule has 0 aromatic heterocycles. The maximum absolute atomic E-state index is 12.0. The average Bonchev–Trinajstić information content (AvgIpc) is 2.56. The van der Waals surface area contributed by atoms with Crippen LogP contribution in [0.5, 0.6) is 23.0 Å². The van der Waals surface area contributed by atoms with Crippen LogP contribution in [0.4, 0.5) is 10.5 Å². The maximum atomic E-state index is 12.0. The molecule has 0 fully saturated rings. The van der Waals surface area contributed by atoms with E-state index in [9.17, 15) is 4.79 Å². The van der Waals surface area contributed by atoms with E-state index >= 15 is 0 Å². The highest BCUT2D eigenvalue weighted by atomic mass is 35.5. The third kappa shape index (κ3) is 4.20. The van der Waals surface area contributed by atoms with Gasteiger partial charge < -0.3 is 18.9 Å². The molecule has 0 radical (unpaired) electrons. The van der Waals surface area contributed by atoms with Crippen molar-refractivity contribution in [3.63, 3.8) is 0 Å². The monoisotopic (exact) mass is 337 g/mol. The van der Waals surface area contributed by atoms with Gasteiger partial charge in [0.05, 0.1) is 32.0 Å². The molecule has 6 nitrogen and oxygen atoms in total. The predicted molar refractivity (Wildman–Crippen MR) is 87.2 cm³/mol. The van der Waals surface area contributed by atoms with Crippen molar-refractivity contribution >= 4 is 23.4 Å². The molecule has 2 aromatic carbocycles. The highest BCUT2D eigenvalue weighted by Gasteiger charge is 2.13. The Labute approximate surface area is 138 Å². The first-order valence-electron chi connectivity index (χ1n) is 6.61. The van der Waals surface area contributed by atoms with Crippen molar-refractivity contribution in [2.24, 2.45) is 0 Å². The van der Waals surface area contributed by atoms with Crippen LogP contribution in [0.15, 0.2) is 36.4 Å². The lowest BCUT2D eigenvalue weighted by Gasteiger charge is -2.12. The van der Waals surface area contributed by atoms with E-state index < -0.39 is 6.09 Å². The third-order valence-electron chi connectivity index (χ3n) is 2.99. The lowest BCUT2D eigenvalue weighted by Crippen LogP contribution is -2.17. The molecule has 0 spiro atoms. The van der Waals surface area contributed by atoms with Gasteiger partial charge in [0, 0.05) is 12.1 Å². The zero-order valence-corrected chi connectivity index (χ0v) is 13.6. The Morgan fingerprint density at radius 2 is 1.52 bits per heavy atom. The summed E-state index contributed by atoms with van der Waals surface area (Å²) in [6.45, 7) is 0. The molecule has 2 rings (SSSR count). The van der Waals surface area contributed by atoms with Crippen LogP contribution in [0, 0.1) is 0 Å². The maximum Gasteiger partial charge on any atom is 0.417 e. The van der Waals surface area contributed by atoms with Crippen LogP contribution >= 0.6 is 11.6 Å². The molecule has 0 aliphatic rings. The lowest BCUT2D eigenvalue weighted by molar-refractivity contribution is 0.215. The molecule has 1 N–H and O–H groups in total. The minimum atomic E-state index is -0.705. The van der Waals surface area contributed by atoms with Crippen molar-refractivity contribution in [1.29, 1.82) is 0 Å². The van der Waals surface area contributed by atoms with E-state index in [-0.39, 0.29) is 10.8 Å². The van der Waals surface area contributed by atoms with Crippen LogP contribution < -0.4 is 24.3 Å². The van der Waals surface area contributed by atoms with Gasteiger partial charge in [0.25, 0.3) is 0 Å². The summed E-state index contributed by atoms with van der Waals surface area (Å²) in [6.07, 6.45) is -0.705. The summed E-state index contributed by atoms with van der Waals surface area (Å²) in [5.74, 6) is 1.83. The number of carbonyl (C=O) groups is 1. The van der Waals surface area contributed by atoms with Crippen LogP contribution in [0.3, 0.4) is 0 Å². The van der Waals surface area contributed by atoms with Crippen LogP contribution in [0.2, 0.25) is 5.02 Å². The lowest BCUT2D eigenvalue weighted by atomic mass is 10.2. The molecular weight excluding hydrogens is 322 g/mol. The first-order chi connectivity index (χ1) is 11.1. The number of benzene rings is 2. The molecule has 0 atom stereocenters. The van der Waals surface area contributed by atoms with Crippen LogP contribution in [-0.4, -0.2) is 27.4 Å². The quantitative estimate of drug-likeness (QED) is 0.894. The smallest absolute Gasteiger partial charge is 0.417 e. The normalized spacial score (nSPS) is 9.91. The van der Waals surface area contributed by atoms with Crippen LogP contribution in [0.25, 0.3) is 0 Å². The van der Waals surface area contributed by atoms with E-state index in [2.05, 4.69) is 5.32 Å². The second-order valence-corrected chi connectivity index (χ2v) is 4.78. The first-order valence-corrected chi connectivity index (χ1v) is 6.99. The molecule has 122 valence electrons. The van der Waals surface area contributed by atoms with Crippen molar-refractivity contribution in [3.05, 3.63) is 41.4 Å². The number of hydrogen-bond donors (Lipinski definition) is 1. The molecule has 0 aliphatic carbocycles. The van der Waals surface area contributed by atoms with E-state index in [1.807, 2.05) is 0 Å². The fourth-order valence-electron chi connectivity index (χ4n) is 1.84. The summed E-state index contributed by atoms with van der Waals surface area (Å²) in [6, 6.07) is 9.75. The number of nitrogens with one attached hydrogen (secondary N) is 1. The fourth-order valence-corrected chi connectivity index (χ4v) is 2.05. The summed E-state index contributed by atoms with van der Waals surface area (Å²) in [7, 11) is 4.55. The van der Waals surface area contributed by atoms with Gasteiger partial charge in [0.2, 0.25) is 0 Å². The van der Waals surface area contributed by atoms with Crippen molar-refractivity contribution in [2.75, 3.05) is 26.6 Å². The Morgan fingerprint density at radius 3 is 2.09 bits per heavy atom. The highest BCUT2D eigenvalue weighted by Crippen LogP contribution is 2.31. The SMILES string of the molecule is COc1ccc(OC(=O)Nc2cc(OC)ccc2OC)c(Cl)c1. The summed E-state index contributed by atoms with van der Waals surface area (Å²) in [5, 5.41) is 2.85. The van der Waals surface area contributed by atoms with Crippen molar-refractivity contribution in [2.45, 2.75) is 0 Å². The van der Waals surface area contributed by atoms with E-state index in [0.29, 0.717) is 22.9 Å². The number of rotatable bonds is 5. The Bertz CT molecular complexity index is 705. The van der Waals surface area contributed by atoms with Gasteiger partial charge in [0.1, 0.15) is 17.2 Å². The number of ether oxygens (including phenoxy) is 4. The van der Waals surface area contributed by atoms with Gasteiger partial charge >= 0.3 is 6.09 Å². The molecule has 0 bridgehead atoms. The zero-order valence-electron chi connectivity index (χ0n) is 12.9. The molecule has 0 aliphatic heterocycles. The molecule has 0 saturated carbocycles. The molecular formula is C16H16ClNO5. The van der Waals surface area contributed by atoms with Gasteiger partial charge in [-0.15, -0.1) is 0 Å². The topological polar surface area (TPSA) is 66.0 Å². The summed E-state index contributed by atoms with van der Waals surface area (Å²) >= 11 is 6.03. The van der Waals surface area contributed by atoms with E-state index in [0.717, 1.165) is 0 Å². The van der Waals surface area contributed by atoms with E-state index in [1.165, 1.54) is 21.3 Å². The minimum Gasteiger partial charge on any atom is -0.497 e. The van der Waals surface area contributed by atoms with Gasteiger partial charge in [-0.05, 0) is 24.3 Å². The van der Waals surface area contributed by atoms with Crippen molar-refractivity contribution in [3.8, 4) is 23.0 Å². The number of amides is 1. The summed E-state index contributed by atoms with van der Waals surface area (Å²) < 4.78 is 20.5. The molecule has 23 heavy (non-hydrogen) atoms. The number of carbonyl (C=O) groups excluding carboxylic acids is 1. The molecule has 1 amide bonds. The van der Waals surface area contributed by atoms with Gasteiger partial charge in [-0.3, -0.25) is 5.32 Å². The Morgan fingerprint density at radius 1 is 0.913 bits per heavy atom. The summed E-state index contributed by atoms with van der Waals surface area (Å²) in [5.41, 5.74) is 0.418. The second-order valence-electron chi connectivity index (χ2n) is 4.38. The number of methoxy groups -OCH3 is 3. The van der Waals surface area contributed by atoms with Gasteiger partial charge in [0.15, 0.2) is 5.75 Å². The first kappa shape index (κ1) is 16.8. The van der Waals surface area contributed by atoms with Crippen LogP contribution in [-0.2, 0) is 0 Å². The molecule has 0 heterocycles. The Hall–Kier alpha value is -2.60.